The van der Waals surface area contributed by atoms with Crippen LogP contribution < -0.4 is 5.32 Å². The second-order valence-corrected chi connectivity index (χ2v) is 7.34. The number of rotatable bonds is 6. The van der Waals surface area contributed by atoms with Gasteiger partial charge in [0.1, 0.15) is 5.41 Å². The van der Waals surface area contributed by atoms with Gasteiger partial charge in [0.25, 0.3) is 0 Å². The maximum absolute atomic E-state index is 13.2. The SMILES string of the molecule is CC(CNC(=O)C1(c2ccccc2)CCCC1)(C(=O)O)c1ccccc1. The second kappa shape index (κ2) is 7.32. The normalized spacial score (nSPS) is 18.0. The number of hydrogen-bond donors (Lipinski definition) is 2. The van der Waals surface area contributed by atoms with E-state index in [4.69, 9.17) is 0 Å². The van der Waals surface area contributed by atoms with Crippen LogP contribution in [0, 0.1) is 0 Å². The van der Waals surface area contributed by atoms with E-state index in [0.29, 0.717) is 5.56 Å². The van der Waals surface area contributed by atoms with Crippen molar-refractivity contribution in [1.29, 1.82) is 0 Å². The fourth-order valence-electron chi connectivity index (χ4n) is 3.92. The van der Waals surface area contributed by atoms with Crippen LogP contribution in [0.3, 0.4) is 0 Å². The van der Waals surface area contributed by atoms with E-state index in [1.807, 2.05) is 48.5 Å². The molecule has 1 unspecified atom stereocenters. The molecular weight excluding hydrogens is 326 g/mol. The Morgan fingerprint density at radius 1 is 1.00 bits per heavy atom. The number of nitrogens with one attached hydrogen (secondary N) is 1. The van der Waals surface area contributed by atoms with Crippen molar-refractivity contribution in [3.63, 3.8) is 0 Å². The summed E-state index contributed by atoms with van der Waals surface area (Å²) in [6, 6.07) is 18.9. The lowest BCUT2D eigenvalue weighted by molar-refractivity contribution is -0.143. The average molecular weight is 351 g/mol. The lowest BCUT2D eigenvalue weighted by Crippen LogP contribution is -2.50. The molecule has 0 aromatic heterocycles. The van der Waals surface area contributed by atoms with Crippen LogP contribution in [0.2, 0.25) is 0 Å². The Hall–Kier alpha value is -2.62. The van der Waals surface area contributed by atoms with Crippen LogP contribution in [0.15, 0.2) is 60.7 Å². The van der Waals surface area contributed by atoms with E-state index in [0.717, 1.165) is 31.2 Å². The van der Waals surface area contributed by atoms with E-state index < -0.39 is 16.8 Å². The molecule has 0 saturated heterocycles. The van der Waals surface area contributed by atoms with Crippen molar-refractivity contribution in [1.82, 2.24) is 5.32 Å². The Labute approximate surface area is 154 Å². The molecule has 1 saturated carbocycles. The van der Waals surface area contributed by atoms with Gasteiger partial charge in [-0.2, -0.15) is 0 Å². The van der Waals surface area contributed by atoms with Crippen molar-refractivity contribution in [3.8, 4) is 0 Å². The van der Waals surface area contributed by atoms with Crippen molar-refractivity contribution in [2.45, 2.75) is 43.4 Å². The highest BCUT2D eigenvalue weighted by Gasteiger charge is 2.44. The van der Waals surface area contributed by atoms with Crippen molar-refractivity contribution >= 4 is 11.9 Å². The Balaban J connectivity index is 1.83. The molecule has 2 aromatic carbocycles. The summed E-state index contributed by atoms with van der Waals surface area (Å²) >= 11 is 0. The van der Waals surface area contributed by atoms with Gasteiger partial charge in [-0.15, -0.1) is 0 Å². The molecule has 136 valence electrons. The van der Waals surface area contributed by atoms with Gasteiger partial charge in [0.15, 0.2) is 0 Å². The first kappa shape index (κ1) is 18.2. The predicted molar refractivity (Wildman–Crippen MR) is 101 cm³/mol. The van der Waals surface area contributed by atoms with E-state index in [1.165, 1.54) is 0 Å². The van der Waals surface area contributed by atoms with Crippen molar-refractivity contribution in [3.05, 3.63) is 71.8 Å². The van der Waals surface area contributed by atoms with E-state index in [9.17, 15) is 14.7 Å². The summed E-state index contributed by atoms with van der Waals surface area (Å²) in [5.74, 6) is -1.01. The van der Waals surface area contributed by atoms with Gasteiger partial charge >= 0.3 is 5.97 Å². The molecule has 1 amide bonds. The topological polar surface area (TPSA) is 66.4 Å². The molecule has 1 atom stereocenters. The van der Waals surface area contributed by atoms with Gasteiger partial charge in [0.05, 0.1) is 5.41 Å². The molecule has 1 fully saturated rings. The van der Waals surface area contributed by atoms with Crippen molar-refractivity contribution in [2.75, 3.05) is 6.54 Å². The van der Waals surface area contributed by atoms with Crippen LogP contribution in [0.5, 0.6) is 0 Å². The molecule has 0 spiro atoms. The van der Waals surface area contributed by atoms with Crippen molar-refractivity contribution in [2.24, 2.45) is 0 Å². The molecule has 4 nitrogen and oxygen atoms in total. The summed E-state index contributed by atoms with van der Waals surface area (Å²) in [4.78, 5) is 25.1. The van der Waals surface area contributed by atoms with Gasteiger partial charge in [-0.05, 0) is 30.9 Å². The van der Waals surface area contributed by atoms with E-state index in [-0.39, 0.29) is 12.5 Å². The lowest BCUT2D eigenvalue weighted by Gasteiger charge is -2.31. The summed E-state index contributed by atoms with van der Waals surface area (Å²) in [5, 5.41) is 12.8. The highest BCUT2D eigenvalue weighted by Crippen LogP contribution is 2.41. The zero-order valence-corrected chi connectivity index (χ0v) is 15.1. The number of amides is 1. The number of aliphatic carboxylic acids is 1. The smallest absolute Gasteiger partial charge is 0.315 e. The Morgan fingerprint density at radius 3 is 2.08 bits per heavy atom. The fraction of sp³-hybridized carbons (Fsp3) is 0.364. The molecule has 2 N–H and O–H groups in total. The summed E-state index contributed by atoms with van der Waals surface area (Å²) in [7, 11) is 0. The zero-order chi connectivity index (χ0) is 18.6. The Bertz CT molecular complexity index is 766. The fourth-order valence-corrected chi connectivity index (χ4v) is 3.92. The quantitative estimate of drug-likeness (QED) is 0.835. The van der Waals surface area contributed by atoms with E-state index in [1.54, 1.807) is 19.1 Å². The van der Waals surface area contributed by atoms with Crippen LogP contribution in [0.4, 0.5) is 0 Å². The first-order chi connectivity index (χ1) is 12.5. The highest BCUT2D eigenvalue weighted by atomic mass is 16.4. The number of carbonyl (C=O) groups is 2. The third kappa shape index (κ3) is 3.24. The maximum atomic E-state index is 13.2. The third-order valence-corrected chi connectivity index (χ3v) is 5.70. The molecule has 0 aliphatic heterocycles. The molecule has 2 aromatic rings. The third-order valence-electron chi connectivity index (χ3n) is 5.70. The monoisotopic (exact) mass is 351 g/mol. The number of carboxylic acid groups (broad SMARTS) is 1. The Kier molecular flexibility index (Phi) is 5.12. The minimum atomic E-state index is -1.16. The predicted octanol–water partition coefficient (Wildman–Crippen LogP) is 3.66. The minimum Gasteiger partial charge on any atom is -0.481 e. The van der Waals surface area contributed by atoms with Crippen LogP contribution in [-0.4, -0.2) is 23.5 Å². The van der Waals surface area contributed by atoms with Gasteiger partial charge in [-0.1, -0.05) is 73.5 Å². The summed E-state index contributed by atoms with van der Waals surface area (Å²) < 4.78 is 0. The van der Waals surface area contributed by atoms with Gasteiger partial charge in [0.2, 0.25) is 5.91 Å². The average Bonchev–Trinajstić information content (AvgIpc) is 3.18. The first-order valence-corrected chi connectivity index (χ1v) is 9.12. The molecule has 1 aliphatic carbocycles. The maximum Gasteiger partial charge on any atom is 0.315 e. The molecule has 4 heteroatoms. The van der Waals surface area contributed by atoms with Crippen LogP contribution in [-0.2, 0) is 20.4 Å². The van der Waals surface area contributed by atoms with Crippen molar-refractivity contribution < 1.29 is 14.7 Å². The van der Waals surface area contributed by atoms with Crippen LogP contribution >= 0.6 is 0 Å². The first-order valence-electron chi connectivity index (χ1n) is 9.12. The largest absolute Gasteiger partial charge is 0.481 e. The zero-order valence-electron chi connectivity index (χ0n) is 15.1. The lowest BCUT2D eigenvalue weighted by atomic mass is 9.77. The molecule has 0 heterocycles. The number of hydrogen-bond acceptors (Lipinski definition) is 2. The van der Waals surface area contributed by atoms with Crippen LogP contribution in [0.1, 0.15) is 43.7 Å². The molecule has 3 rings (SSSR count). The van der Waals surface area contributed by atoms with E-state index >= 15 is 0 Å². The minimum absolute atomic E-state index is 0.0652. The summed E-state index contributed by atoms with van der Waals surface area (Å²) in [6.07, 6.45) is 3.63. The highest BCUT2D eigenvalue weighted by molar-refractivity contribution is 5.90. The summed E-state index contributed by atoms with van der Waals surface area (Å²) in [6.45, 7) is 1.73. The molecule has 1 aliphatic rings. The summed E-state index contributed by atoms with van der Waals surface area (Å²) in [5.41, 5.74) is 0.00447. The van der Waals surface area contributed by atoms with E-state index in [2.05, 4.69) is 5.32 Å². The van der Waals surface area contributed by atoms with Gasteiger partial charge in [0, 0.05) is 6.54 Å². The number of carbonyl (C=O) groups excluding carboxylic acids is 1. The molecular formula is C22H25NO3. The second-order valence-electron chi connectivity index (χ2n) is 7.34. The molecule has 0 bridgehead atoms. The van der Waals surface area contributed by atoms with Gasteiger partial charge in [-0.3, -0.25) is 9.59 Å². The Morgan fingerprint density at radius 2 is 1.54 bits per heavy atom. The molecule has 0 radical (unpaired) electrons. The number of carboxylic acids is 1. The van der Waals surface area contributed by atoms with Gasteiger partial charge in [-0.25, -0.2) is 0 Å². The van der Waals surface area contributed by atoms with Crippen LogP contribution in [0.25, 0.3) is 0 Å². The molecule has 26 heavy (non-hydrogen) atoms. The van der Waals surface area contributed by atoms with Gasteiger partial charge < -0.3 is 10.4 Å². The number of benzene rings is 2. The standard InChI is InChI=1S/C22H25NO3/c1-21(20(25)26,17-10-4-2-5-11-17)16-23-19(24)22(14-8-9-15-22)18-12-6-3-7-13-18/h2-7,10-13H,8-9,14-16H2,1H3,(H,23,24)(H,25,26).